The van der Waals surface area contributed by atoms with Gasteiger partial charge >= 0.3 is 0 Å². The third-order valence-electron chi connectivity index (χ3n) is 3.01. The first-order chi connectivity index (χ1) is 10.6. The van der Waals surface area contributed by atoms with Crippen LogP contribution in [-0.4, -0.2) is 45.2 Å². The topological polar surface area (TPSA) is 74.8 Å². The third-order valence-corrected chi connectivity index (χ3v) is 3.01. The fourth-order valence-corrected chi connectivity index (χ4v) is 1.92. The second kappa shape index (κ2) is 9.78. The van der Waals surface area contributed by atoms with Crippen molar-refractivity contribution in [1.29, 1.82) is 0 Å². The summed E-state index contributed by atoms with van der Waals surface area (Å²) in [6.07, 6.45) is 0. The Morgan fingerprint density at radius 1 is 1.32 bits per heavy atom. The first-order valence-corrected chi connectivity index (χ1v) is 7.45. The number of rotatable bonds is 7. The third kappa shape index (κ3) is 6.13. The number of carbonyl (C=O) groups is 1. The molecular formula is C16H26N4O2. The van der Waals surface area contributed by atoms with Crippen LogP contribution < -0.4 is 16.0 Å². The zero-order chi connectivity index (χ0) is 16.4. The van der Waals surface area contributed by atoms with Crippen molar-refractivity contribution in [3.05, 3.63) is 35.4 Å². The van der Waals surface area contributed by atoms with E-state index in [1.165, 1.54) is 0 Å². The van der Waals surface area contributed by atoms with Gasteiger partial charge in [0.2, 0.25) is 0 Å². The molecule has 22 heavy (non-hydrogen) atoms. The Bertz CT molecular complexity index is 485. The number of guanidine groups is 1. The Morgan fingerprint density at radius 2 is 2.00 bits per heavy atom. The normalized spacial score (nSPS) is 12.6. The smallest absolute Gasteiger partial charge is 0.251 e. The van der Waals surface area contributed by atoms with Crippen molar-refractivity contribution in [2.45, 2.75) is 26.4 Å². The summed E-state index contributed by atoms with van der Waals surface area (Å²) in [5, 5.41) is 9.08. The molecule has 0 bridgehead atoms. The van der Waals surface area contributed by atoms with E-state index in [0.717, 1.165) is 18.1 Å². The lowest BCUT2D eigenvalue weighted by Gasteiger charge is -2.17. The SMILES string of the molecule is CCNC(=NCc1ccc(C(=O)NC)cc1)NC(C)COC. The molecule has 0 saturated heterocycles. The number of aliphatic imine (C=N–C) groups is 1. The van der Waals surface area contributed by atoms with Gasteiger partial charge in [0.15, 0.2) is 5.96 Å². The highest BCUT2D eigenvalue weighted by molar-refractivity contribution is 5.93. The monoisotopic (exact) mass is 306 g/mol. The van der Waals surface area contributed by atoms with Crippen molar-refractivity contribution in [3.63, 3.8) is 0 Å². The highest BCUT2D eigenvalue weighted by Crippen LogP contribution is 2.05. The van der Waals surface area contributed by atoms with Gasteiger partial charge in [0.05, 0.1) is 13.2 Å². The van der Waals surface area contributed by atoms with E-state index in [1.54, 1.807) is 26.3 Å². The van der Waals surface area contributed by atoms with E-state index in [0.29, 0.717) is 18.7 Å². The lowest BCUT2D eigenvalue weighted by molar-refractivity contribution is 0.0963. The molecular weight excluding hydrogens is 280 g/mol. The second-order valence-corrected chi connectivity index (χ2v) is 4.97. The molecule has 6 heteroatoms. The van der Waals surface area contributed by atoms with E-state index in [1.807, 2.05) is 26.0 Å². The molecule has 1 aromatic rings. The Morgan fingerprint density at radius 3 is 2.55 bits per heavy atom. The van der Waals surface area contributed by atoms with Crippen molar-refractivity contribution in [3.8, 4) is 0 Å². The van der Waals surface area contributed by atoms with Gasteiger partial charge in [0.25, 0.3) is 5.91 Å². The van der Waals surface area contributed by atoms with Crippen LogP contribution in [0.15, 0.2) is 29.3 Å². The fourth-order valence-electron chi connectivity index (χ4n) is 1.92. The lowest BCUT2D eigenvalue weighted by atomic mass is 10.1. The molecule has 1 unspecified atom stereocenters. The lowest BCUT2D eigenvalue weighted by Crippen LogP contribution is -2.43. The van der Waals surface area contributed by atoms with Gasteiger partial charge in [-0.25, -0.2) is 4.99 Å². The van der Waals surface area contributed by atoms with Crippen molar-refractivity contribution in [2.24, 2.45) is 4.99 Å². The summed E-state index contributed by atoms with van der Waals surface area (Å²) >= 11 is 0. The quantitative estimate of drug-likeness (QED) is 0.521. The van der Waals surface area contributed by atoms with E-state index in [4.69, 9.17) is 4.74 Å². The Labute approximate surface area is 132 Å². The van der Waals surface area contributed by atoms with Gasteiger partial charge in [0, 0.05) is 32.3 Å². The van der Waals surface area contributed by atoms with E-state index in [-0.39, 0.29) is 11.9 Å². The molecule has 6 nitrogen and oxygen atoms in total. The first-order valence-electron chi connectivity index (χ1n) is 7.45. The van der Waals surface area contributed by atoms with E-state index < -0.39 is 0 Å². The zero-order valence-corrected chi connectivity index (χ0v) is 13.8. The number of benzene rings is 1. The minimum absolute atomic E-state index is 0.0848. The summed E-state index contributed by atoms with van der Waals surface area (Å²) in [4.78, 5) is 16.0. The summed E-state index contributed by atoms with van der Waals surface area (Å²) < 4.78 is 5.11. The molecule has 0 aliphatic rings. The summed E-state index contributed by atoms with van der Waals surface area (Å²) in [6.45, 7) is 6.01. The van der Waals surface area contributed by atoms with Gasteiger partial charge < -0.3 is 20.7 Å². The van der Waals surface area contributed by atoms with Crippen LogP contribution in [0.5, 0.6) is 0 Å². The number of methoxy groups -OCH3 is 1. The van der Waals surface area contributed by atoms with Gasteiger partial charge in [-0.1, -0.05) is 12.1 Å². The van der Waals surface area contributed by atoms with Gasteiger partial charge in [0.1, 0.15) is 0 Å². The maximum Gasteiger partial charge on any atom is 0.251 e. The summed E-state index contributed by atoms with van der Waals surface area (Å²) in [5.74, 6) is 0.667. The van der Waals surface area contributed by atoms with Crippen LogP contribution in [0.3, 0.4) is 0 Å². The highest BCUT2D eigenvalue weighted by atomic mass is 16.5. The molecule has 0 radical (unpaired) electrons. The molecule has 122 valence electrons. The van der Waals surface area contributed by atoms with E-state index in [9.17, 15) is 4.79 Å². The molecule has 1 rings (SSSR count). The van der Waals surface area contributed by atoms with Crippen molar-refractivity contribution in [1.82, 2.24) is 16.0 Å². The Balaban J connectivity index is 2.67. The second-order valence-electron chi connectivity index (χ2n) is 4.97. The van der Waals surface area contributed by atoms with Crippen LogP contribution in [0.2, 0.25) is 0 Å². The van der Waals surface area contributed by atoms with Crippen LogP contribution in [0.1, 0.15) is 29.8 Å². The predicted octanol–water partition coefficient (Wildman–Crippen LogP) is 1.14. The van der Waals surface area contributed by atoms with Crippen LogP contribution >= 0.6 is 0 Å². The fraction of sp³-hybridized carbons (Fsp3) is 0.500. The van der Waals surface area contributed by atoms with Gasteiger partial charge in [-0.2, -0.15) is 0 Å². The minimum atomic E-state index is -0.0848. The minimum Gasteiger partial charge on any atom is -0.383 e. The van der Waals surface area contributed by atoms with Crippen LogP contribution in [-0.2, 0) is 11.3 Å². The standard InChI is InChI=1S/C16H26N4O2/c1-5-18-16(20-12(2)11-22-4)19-10-13-6-8-14(9-7-13)15(21)17-3/h6-9,12H,5,10-11H2,1-4H3,(H,17,21)(H2,18,19,20). The van der Waals surface area contributed by atoms with Crippen molar-refractivity contribution < 1.29 is 9.53 Å². The van der Waals surface area contributed by atoms with E-state index in [2.05, 4.69) is 20.9 Å². The molecule has 1 aromatic carbocycles. The Kier molecular flexibility index (Phi) is 7.99. The van der Waals surface area contributed by atoms with Crippen LogP contribution in [0.25, 0.3) is 0 Å². The van der Waals surface area contributed by atoms with Crippen molar-refractivity contribution in [2.75, 3.05) is 27.3 Å². The number of amides is 1. The maximum atomic E-state index is 11.5. The molecule has 1 atom stereocenters. The molecule has 0 aliphatic heterocycles. The summed E-state index contributed by atoms with van der Waals surface area (Å²) in [5.41, 5.74) is 1.69. The molecule has 0 fully saturated rings. The van der Waals surface area contributed by atoms with Crippen LogP contribution in [0, 0.1) is 0 Å². The van der Waals surface area contributed by atoms with Crippen molar-refractivity contribution >= 4 is 11.9 Å². The van der Waals surface area contributed by atoms with Crippen LogP contribution in [0.4, 0.5) is 0 Å². The van der Waals surface area contributed by atoms with E-state index >= 15 is 0 Å². The summed E-state index contributed by atoms with van der Waals surface area (Å²) in [7, 11) is 3.30. The van der Waals surface area contributed by atoms with Gasteiger partial charge in [-0.05, 0) is 31.5 Å². The van der Waals surface area contributed by atoms with Gasteiger partial charge in [-0.15, -0.1) is 0 Å². The molecule has 0 spiro atoms. The molecule has 3 N–H and O–H groups in total. The number of nitrogens with one attached hydrogen (secondary N) is 3. The average Bonchev–Trinajstić information content (AvgIpc) is 2.53. The van der Waals surface area contributed by atoms with Gasteiger partial charge in [-0.3, -0.25) is 4.79 Å². The molecule has 1 amide bonds. The highest BCUT2D eigenvalue weighted by Gasteiger charge is 2.05. The molecule has 0 saturated carbocycles. The number of hydrogen-bond donors (Lipinski definition) is 3. The largest absolute Gasteiger partial charge is 0.383 e. The molecule has 0 aromatic heterocycles. The number of carbonyl (C=O) groups excluding carboxylic acids is 1. The Hall–Kier alpha value is -2.08. The number of ether oxygens (including phenoxy) is 1. The molecule has 0 aliphatic carbocycles. The first kappa shape index (κ1) is 18.0. The number of nitrogens with zero attached hydrogens (tertiary/aromatic N) is 1. The number of hydrogen-bond acceptors (Lipinski definition) is 3. The summed E-state index contributed by atoms with van der Waals surface area (Å²) in [6, 6.07) is 7.61. The average molecular weight is 306 g/mol. The molecule has 0 heterocycles. The maximum absolute atomic E-state index is 11.5. The zero-order valence-electron chi connectivity index (χ0n) is 13.8. The predicted molar refractivity (Wildman–Crippen MR) is 89.1 cm³/mol.